The number of rotatable bonds is 2. The van der Waals surface area contributed by atoms with Crippen LogP contribution in [0.4, 0.5) is 11.4 Å². The topological polar surface area (TPSA) is 3.24 Å². The van der Waals surface area contributed by atoms with Crippen molar-refractivity contribution >= 4 is 11.4 Å². The zero-order valence-corrected chi connectivity index (χ0v) is 10.2. The molecule has 17 heavy (non-hydrogen) atoms. The van der Waals surface area contributed by atoms with E-state index in [0.29, 0.717) is 0 Å². The van der Waals surface area contributed by atoms with Gasteiger partial charge in [0, 0.05) is 18.4 Å². The minimum atomic E-state index is 1.24. The summed E-state index contributed by atoms with van der Waals surface area (Å²) >= 11 is 0. The maximum atomic E-state index is 2.34. The average molecular weight is 223 g/mol. The van der Waals surface area contributed by atoms with Gasteiger partial charge >= 0.3 is 0 Å². The highest BCUT2D eigenvalue weighted by molar-refractivity contribution is 5.63. The van der Waals surface area contributed by atoms with Crippen LogP contribution in [0.1, 0.15) is 17.5 Å². The zero-order valence-electron chi connectivity index (χ0n) is 10.2. The van der Waals surface area contributed by atoms with E-state index in [4.69, 9.17) is 0 Å². The number of para-hydroxylation sites is 1. The molecule has 1 aliphatic rings. The summed E-state index contributed by atoms with van der Waals surface area (Å²) < 4.78 is 0. The van der Waals surface area contributed by atoms with Crippen LogP contribution >= 0.6 is 0 Å². The molecule has 0 heterocycles. The fraction of sp³-hybridized carbons (Fsp3) is 0.250. The summed E-state index contributed by atoms with van der Waals surface area (Å²) in [5.41, 5.74) is 5.60. The molecule has 2 aromatic carbocycles. The smallest absolute Gasteiger partial charge is 0.0411 e. The Bertz CT molecular complexity index is 516. The fourth-order valence-electron chi connectivity index (χ4n) is 2.57. The van der Waals surface area contributed by atoms with E-state index < -0.39 is 0 Å². The number of benzene rings is 2. The third-order valence-electron chi connectivity index (χ3n) is 3.61. The SMILES string of the molecule is CN(c1ccccc1)c1ccc2c(c1)CCC2. The van der Waals surface area contributed by atoms with Crippen LogP contribution in [0.3, 0.4) is 0 Å². The highest BCUT2D eigenvalue weighted by atomic mass is 15.1. The summed E-state index contributed by atoms with van der Waals surface area (Å²) in [5.74, 6) is 0. The van der Waals surface area contributed by atoms with Crippen LogP contribution in [-0.2, 0) is 12.8 Å². The predicted molar refractivity (Wildman–Crippen MR) is 73.0 cm³/mol. The summed E-state index contributed by atoms with van der Waals surface area (Å²) in [6.45, 7) is 0. The zero-order chi connectivity index (χ0) is 11.7. The lowest BCUT2D eigenvalue weighted by molar-refractivity contribution is 0.911. The number of fused-ring (bicyclic) bond motifs is 1. The molecule has 86 valence electrons. The molecule has 2 aromatic rings. The largest absolute Gasteiger partial charge is 0.345 e. The molecule has 0 saturated carbocycles. The van der Waals surface area contributed by atoms with Gasteiger partial charge in [-0.1, -0.05) is 24.3 Å². The molecule has 0 spiro atoms. The van der Waals surface area contributed by atoms with Gasteiger partial charge in [0.15, 0.2) is 0 Å². The van der Waals surface area contributed by atoms with E-state index >= 15 is 0 Å². The van der Waals surface area contributed by atoms with Crippen LogP contribution in [-0.4, -0.2) is 7.05 Å². The molecule has 0 fully saturated rings. The minimum absolute atomic E-state index is 1.24. The Balaban J connectivity index is 1.94. The van der Waals surface area contributed by atoms with Gasteiger partial charge in [-0.05, 0) is 54.7 Å². The van der Waals surface area contributed by atoms with Crippen molar-refractivity contribution in [3.05, 3.63) is 59.7 Å². The Morgan fingerprint density at radius 1 is 0.824 bits per heavy atom. The normalized spacial score (nSPS) is 13.5. The van der Waals surface area contributed by atoms with Crippen molar-refractivity contribution in [2.75, 3.05) is 11.9 Å². The molecule has 0 amide bonds. The van der Waals surface area contributed by atoms with Gasteiger partial charge in [0.1, 0.15) is 0 Å². The molecule has 0 radical (unpaired) electrons. The lowest BCUT2D eigenvalue weighted by atomic mass is 10.1. The molecule has 3 rings (SSSR count). The van der Waals surface area contributed by atoms with Gasteiger partial charge in [-0.25, -0.2) is 0 Å². The van der Waals surface area contributed by atoms with Crippen molar-refractivity contribution in [1.82, 2.24) is 0 Å². The maximum Gasteiger partial charge on any atom is 0.0411 e. The van der Waals surface area contributed by atoms with E-state index in [1.54, 1.807) is 0 Å². The Hall–Kier alpha value is -1.76. The second-order valence-electron chi connectivity index (χ2n) is 4.70. The molecule has 0 atom stereocenters. The Kier molecular flexibility index (Phi) is 2.60. The average Bonchev–Trinajstić information content (AvgIpc) is 2.86. The van der Waals surface area contributed by atoms with Crippen molar-refractivity contribution in [3.8, 4) is 0 Å². The van der Waals surface area contributed by atoms with Crippen molar-refractivity contribution in [1.29, 1.82) is 0 Å². The molecule has 1 aliphatic carbocycles. The quantitative estimate of drug-likeness (QED) is 0.745. The maximum absolute atomic E-state index is 2.34. The second-order valence-corrected chi connectivity index (χ2v) is 4.70. The lowest BCUT2D eigenvalue weighted by Gasteiger charge is -2.20. The van der Waals surface area contributed by atoms with Gasteiger partial charge < -0.3 is 4.90 Å². The van der Waals surface area contributed by atoms with Crippen LogP contribution in [0, 0.1) is 0 Å². The Morgan fingerprint density at radius 3 is 2.41 bits per heavy atom. The van der Waals surface area contributed by atoms with Crippen molar-refractivity contribution in [3.63, 3.8) is 0 Å². The molecule has 0 N–H and O–H groups in total. The molecule has 0 unspecified atom stereocenters. The Labute approximate surface area is 103 Å². The summed E-state index contributed by atoms with van der Waals surface area (Å²) in [7, 11) is 2.13. The van der Waals surface area contributed by atoms with E-state index in [0.717, 1.165) is 0 Å². The first kappa shape index (κ1) is 10.4. The van der Waals surface area contributed by atoms with Gasteiger partial charge in [-0.3, -0.25) is 0 Å². The van der Waals surface area contributed by atoms with Gasteiger partial charge in [-0.2, -0.15) is 0 Å². The lowest BCUT2D eigenvalue weighted by Crippen LogP contribution is -2.09. The third-order valence-corrected chi connectivity index (χ3v) is 3.61. The van der Waals surface area contributed by atoms with Gasteiger partial charge in [0.05, 0.1) is 0 Å². The highest BCUT2D eigenvalue weighted by Crippen LogP contribution is 2.29. The van der Waals surface area contributed by atoms with E-state index in [1.807, 2.05) is 0 Å². The van der Waals surface area contributed by atoms with Crippen molar-refractivity contribution in [2.45, 2.75) is 19.3 Å². The van der Waals surface area contributed by atoms with Crippen LogP contribution in [0.25, 0.3) is 0 Å². The summed E-state index contributed by atoms with van der Waals surface area (Å²) in [6.07, 6.45) is 3.81. The third kappa shape index (κ3) is 1.93. The molecule has 0 aliphatic heterocycles. The van der Waals surface area contributed by atoms with E-state index in [-0.39, 0.29) is 0 Å². The van der Waals surface area contributed by atoms with E-state index in [2.05, 4.69) is 60.5 Å². The van der Waals surface area contributed by atoms with Crippen molar-refractivity contribution < 1.29 is 0 Å². The standard InChI is InChI=1S/C16H17N/c1-17(15-8-3-2-4-9-15)16-11-10-13-6-5-7-14(13)12-16/h2-4,8-12H,5-7H2,1H3. The number of hydrogen-bond donors (Lipinski definition) is 0. The summed E-state index contributed by atoms with van der Waals surface area (Å²) in [6, 6.07) is 17.4. The molecule has 0 bridgehead atoms. The van der Waals surface area contributed by atoms with Crippen LogP contribution < -0.4 is 4.90 Å². The molecular weight excluding hydrogens is 206 g/mol. The van der Waals surface area contributed by atoms with E-state index in [1.165, 1.54) is 41.8 Å². The Morgan fingerprint density at radius 2 is 1.59 bits per heavy atom. The van der Waals surface area contributed by atoms with Crippen LogP contribution in [0.15, 0.2) is 48.5 Å². The second kappa shape index (κ2) is 4.25. The molecule has 1 nitrogen and oxygen atoms in total. The monoisotopic (exact) mass is 223 g/mol. The summed E-state index contributed by atoms with van der Waals surface area (Å²) in [5, 5.41) is 0. The molecule has 0 saturated heterocycles. The molecule has 0 aromatic heterocycles. The number of anilines is 2. The van der Waals surface area contributed by atoms with Crippen LogP contribution in [0.2, 0.25) is 0 Å². The first-order valence-corrected chi connectivity index (χ1v) is 6.25. The van der Waals surface area contributed by atoms with Gasteiger partial charge in [0.2, 0.25) is 0 Å². The fourth-order valence-corrected chi connectivity index (χ4v) is 2.57. The number of aryl methyl sites for hydroxylation is 2. The highest BCUT2D eigenvalue weighted by Gasteiger charge is 2.12. The van der Waals surface area contributed by atoms with E-state index in [9.17, 15) is 0 Å². The minimum Gasteiger partial charge on any atom is -0.345 e. The predicted octanol–water partition coefficient (Wildman–Crippen LogP) is 3.94. The summed E-state index contributed by atoms with van der Waals surface area (Å²) in [4.78, 5) is 2.25. The molecular formula is C16H17N. The van der Waals surface area contributed by atoms with Crippen molar-refractivity contribution in [2.24, 2.45) is 0 Å². The van der Waals surface area contributed by atoms with Gasteiger partial charge in [-0.15, -0.1) is 0 Å². The number of nitrogens with zero attached hydrogens (tertiary/aromatic N) is 1. The first-order chi connectivity index (χ1) is 8.34. The van der Waals surface area contributed by atoms with Gasteiger partial charge in [0.25, 0.3) is 0 Å². The van der Waals surface area contributed by atoms with Crippen LogP contribution in [0.5, 0.6) is 0 Å². The number of hydrogen-bond acceptors (Lipinski definition) is 1. The molecule has 1 heteroatoms. The first-order valence-electron chi connectivity index (χ1n) is 6.25.